The highest BCUT2D eigenvalue weighted by molar-refractivity contribution is 5.98. The van der Waals surface area contributed by atoms with E-state index in [0.29, 0.717) is 12.5 Å². The Bertz CT molecular complexity index is 546. The van der Waals surface area contributed by atoms with E-state index in [4.69, 9.17) is 5.73 Å². The molecule has 20 heavy (non-hydrogen) atoms. The lowest BCUT2D eigenvalue weighted by Crippen LogP contribution is -2.44. The Hall–Kier alpha value is -2.18. The van der Waals surface area contributed by atoms with Gasteiger partial charge in [-0.1, -0.05) is 6.92 Å². The molecule has 1 saturated heterocycles. The molecular weight excluding hydrogens is 260 g/mol. The van der Waals surface area contributed by atoms with Gasteiger partial charge in [0.25, 0.3) is 11.6 Å². The number of carbonyl (C=O) groups is 1. The van der Waals surface area contributed by atoms with Crippen molar-refractivity contribution in [1.82, 2.24) is 9.88 Å². The number of hydrogen-bond donors (Lipinski definition) is 1. The Morgan fingerprint density at radius 2 is 2.25 bits per heavy atom. The number of piperidine rings is 1. The average molecular weight is 278 g/mol. The molecular formula is C13H18N4O3. The van der Waals surface area contributed by atoms with Crippen LogP contribution in [0.1, 0.15) is 37.0 Å². The number of carbonyl (C=O) groups excluding carboxylic acids is 1. The third-order valence-corrected chi connectivity index (χ3v) is 3.73. The highest BCUT2D eigenvalue weighted by atomic mass is 16.6. The summed E-state index contributed by atoms with van der Waals surface area (Å²) in [6, 6.07) is 1.35. The SMILES string of the molecule is CC1CCN(C(=O)c2cc(N)ncc2[N+](=O)[O-])C(C)C1. The smallest absolute Gasteiger partial charge is 0.300 e. The summed E-state index contributed by atoms with van der Waals surface area (Å²) in [5.74, 6) is 0.328. The van der Waals surface area contributed by atoms with Gasteiger partial charge in [0, 0.05) is 12.6 Å². The minimum atomic E-state index is -0.600. The van der Waals surface area contributed by atoms with Gasteiger partial charge in [-0.25, -0.2) is 4.98 Å². The van der Waals surface area contributed by atoms with Crippen LogP contribution < -0.4 is 5.73 Å². The van der Waals surface area contributed by atoms with Gasteiger partial charge >= 0.3 is 0 Å². The first-order chi connectivity index (χ1) is 9.40. The summed E-state index contributed by atoms with van der Waals surface area (Å²) in [4.78, 5) is 28.3. The van der Waals surface area contributed by atoms with E-state index < -0.39 is 4.92 Å². The maximum absolute atomic E-state index is 12.5. The molecule has 0 saturated carbocycles. The molecule has 1 amide bonds. The van der Waals surface area contributed by atoms with Gasteiger partial charge in [-0.2, -0.15) is 0 Å². The molecule has 1 aliphatic heterocycles. The van der Waals surface area contributed by atoms with Gasteiger partial charge in [-0.05, 0) is 31.7 Å². The van der Waals surface area contributed by atoms with Crippen molar-refractivity contribution in [2.75, 3.05) is 12.3 Å². The zero-order valence-electron chi connectivity index (χ0n) is 11.6. The zero-order valence-corrected chi connectivity index (χ0v) is 11.6. The minimum absolute atomic E-state index is 0.0175. The van der Waals surface area contributed by atoms with E-state index in [1.807, 2.05) is 6.92 Å². The minimum Gasteiger partial charge on any atom is -0.384 e. The molecule has 0 aliphatic carbocycles. The lowest BCUT2D eigenvalue weighted by atomic mass is 9.93. The van der Waals surface area contributed by atoms with Gasteiger partial charge in [0.05, 0.1) is 4.92 Å². The normalized spacial score (nSPS) is 22.6. The summed E-state index contributed by atoms with van der Waals surface area (Å²) in [6.45, 7) is 4.72. The van der Waals surface area contributed by atoms with Crippen LogP contribution in [0.3, 0.4) is 0 Å². The van der Waals surface area contributed by atoms with Crippen molar-refractivity contribution in [2.45, 2.75) is 32.7 Å². The summed E-state index contributed by atoms with van der Waals surface area (Å²) < 4.78 is 0. The highest BCUT2D eigenvalue weighted by Gasteiger charge is 2.31. The zero-order chi connectivity index (χ0) is 14.9. The Labute approximate surface area is 116 Å². The van der Waals surface area contributed by atoms with E-state index in [-0.39, 0.29) is 29.0 Å². The molecule has 1 aromatic rings. The second kappa shape index (κ2) is 5.44. The van der Waals surface area contributed by atoms with E-state index in [1.165, 1.54) is 6.07 Å². The van der Waals surface area contributed by atoms with Crippen LogP contribution in [0.2, 0.25) is 0 Å². The number of pyridine rings is 1. The molecule has 0 bridgehead atoms. The van der Waals surface area contributed by atoms with Crippen LogP contribution in [0.5, 0.6) is 0 Å². The molecule has 7 nitrogen and oxygen atoms in total. The van der Waals surface area contributed by atoms with E-state index >= 15 is 0 Å². The third kappa shape index (κ3) is 2.71. The van der Waals surface area contributed by atoms with E-state index in [1.54, 1.807) is 4.90 Å². The van der Waals surface area contributed by atoms with Gasteiger partial charge in [-0.15, -0.1) is 0 Å². The summed E-state index contributed by atoms with van der Waals surface area (Å²) in [7, 11) is 0. The van der Waals surface area contributed by atoms with Crippen LogP contribution in [0.4, 0.5) is 11.5 Å². The number of aromatic nitrogens is 1. The molecule has 1 fully saturated rings. The number of likely N-dealkylation sites (tertiary alicyclic amines) is 1. The molecule has 108 valence electrons. The second-order valence-corrected chi connectivity index (χ2v) is 5.36. The molecule has 7 heteroatoms. The molecule has 2 rings (SSSR count). The fraction of sp³-hybridized carbons (Fsp3) is 0.538. The molecule has 0 aromatic carbocycles. The first kappa shape index (κ1) is 14.2. The number of rotatable bonds is 2. The quantitative estimate of drug-likeness (QED) is 0.656. The fourth-order valence-corrected chi connectivity index (χ4v) is 2.64. The highest BCUT2D eigenvalue weighted by Crippen LogP contribution is 2.27. The van der Waals surface area contributed by atoms with Crippen molar-refractivity contribution in [3.05, 3.63) is 27.9 Å². The Morgan fingerprint density at radius 3 is 2.85 bits per heavy atom. The molecule has 0 spiro atoms. The number of nitro groups is 1. The van der Waals surface area contributed by atoms with Crippen molar-refractivity contribution < 1.29 is 9.72 Å². The van der Waals surface area contributed by atoms with E-state index in [2.05, 4.69) is 11.9 Å². The first-order valence-electron chi connectivity index (χ1n) is 6.61. The Balaban J connectivity index is 2.33. The van der Waals surface area contributed by atoms with Gasteiger partial charge in [0.2, 0.25) is 0 Å². The largest absolute Gasteiger partial charge is 0.384 e. The average Bonchev–Trinajstić information content (AvgIpc) is 2.37. The standard InChI is InChI=1S/C13H18N4O3/c1-8-3-4-16(9(2)5-8)13(18)10-6-12(14)15-7-11(10)17(19)20/h6-9H,3-5H2,1-2H3,(H2,14,15). The topological polar surface area (TPSA) is 102 Å². The van der Waals surface area contributed by atoms with Crippen molar-refractivity contribution in [2.24, 2.45) is 5.92 Å². The number of nitrogens with zero attached hydrogens (tertiary/aromatic N) is 3. The Kier molecular flexibility index (Phi) is 3.87. The molecule has 1 aromatic heterocycles. The summed E-state index contributed by atoms with van der Waals surface area (Å²) in [5, 5.41) is 11.0. The van der Waals surface area contributed by atoms with Crippen LogP contribution in [0.15, 0.2) is 12.3 Å². The van der Waals surface area contributed by atoms with Crippen LogP contribution in [0, 0.1) is 16.0 Å². The maximum Gasteiger partial charge on any atom is 0.300 e. The summed E-state index contributed by atoms with van der Waals surface area (Å²) >= 11 is 0. The predicted molar refractivity (Wildman–Crippen MR) is 74.2 cm³/mol. The van der Waals surface area contributed by atoms with Crippen molar-refractivity contribution in [3.8, 4) is 0 Å². The predicted octanol–water partition coefficient (Wildman–Crippen LogP) is 1.83. The molecule has 2 heterocycles. The maximum atomic E-state index is 12.5. The van der Waals surface area contributed by atoms with E-state index in [9.17, 15) is 14.9 Å². The van der Waals surface area contributed by atoms with Gasteiger partial charge < -0.3 is 10.6 Å². The van der Waals surface area contributed by atoms with Crippen molar-refractivity contribution in [3.63, 3.8) is 0 Å². The van der Waals surface area contributed by atoms with Gasteiger partial charge in [0.1, 0.15) is 17.6 Å². The number of hydrogen-bond acceptors (Lipinski definition) is 5. The monoisotopic (exact) mass is 278 g/mol. The molecule has 2 unspecified atom stereocenters. The lowest BCUT2D eigenvalue weighted by molar-refractivity contribution is -0.385. The number of nitrogen functional groups attached to an aromatic ring is 1. The number of anilines is 1. The van der Waals surface area contributed by atoms with Crippen LogP contribution in [0.25, 0.3) is 0 Å². The fourth-order valence-electron chi connectivity index (χ4n) is 2.64. The second-order valence-electron chi connectivity index (χ2n) is 5.36. The Morgan fingerprint density at radius 1 is 1.55 bits per heavy atom. The summed E-state index contributed by atoms with van der Waals surface area (Å²) in [5.41, 5.74) is 5.27. The van der Waals surface area contributed by atoms with Crippen LogP contribution in [-0.4, -0.2) is 33.3 Å². The third-order valence-electron chi connectivity index (χ3n) is 3.73. The summed E-state index contributed by atoms with van der Waals surface area (Å²) in [6.07, 6.45) is 2.85. The number of nitrogens with two attached hydrogens (primary N) is 1. The van der Waals surface area contributed by atoms with Gasteiger partial charge in [-0.3, -0.25) is 14.9 Å². The van der Waals surface area contributed by atoms with Crippen LogP contribution >= 0.6 is 0 Å². The molecule has 2 atom stereocenters. The molecule has 1 aliphatic rings. The van der Waals surface area contributed by atoms with Gasteiger partial charge in [0.15, 0.2) is 0 Å². The number of amides is 1. The van der Waals surface area contributed by atoms with Crippen molar-refractivity contribution >= 4 is 17.4 Å². The first-order valence-corrected chi connectivity index (χ1v) is 6.61. The van der Waals surface area contributed by atoms with Crippen molar-refractivity contribution in [1.29, 1.82) is 0 Å². The lowest BCUT2D eigenvalue weighted by Gasteiger charge is -2.36. The van der Waals surface area contributed by atoms with Crippen LogP contribution in [-0.2, 0) is 0 Å². The molecule has 2 N–H and O–H groups in total. The van der Waals surface area contributed by atoms with E-state index in [0.717, 1.165) is 19.0 Å². The molecule has 0 radical (unpaired) electrons.